The molecule has 0 saturated heterocycles. The van der Waals surface area contributed by atoms with Gasteiger partial charge in [0.1, 0.15) is 16.6 Å². The molecule has 0 unspecified atom stereocenters. The number of carbonyl (C=O) groups excluding carboxylic acids is 1. The zero-order valence-electron chi connectivity index (χ0n) is 13.8. The molecular formula is C15H17Cl2N3O4S. The molecule has 1 aromatic heterocycles. The Morgan fingerprint density at radius 2 is 1.96 bits per heavy atom. The smallest absolute Gasteiger partial charge is 0.272 e. The molecule has 0 bridgehead atoms. The maximum atomic E-state index is 12.4. The highest BCUT2D eigenvalue weighted by Gasteiger charge is 2.17. The molecule has 10 heteroatoms. The standard InChI is InChI=1S/C15H17Cl2N3O4S/c1-4-25(22,23)19-11-6-5-9(7-13(11)24-3)18-15(21)12-8-10(16)14(17)20(12)2/h5-8,19H,4H2,1-3H3,(H,18,21). The first-order valence-corrected chi connectivity index (χ1v) is 9.60. The van der Waals surface area contributed by atoms with Crippen LogP contribution in [0.3, 0.4) is 0 Å². The van der Waals surface area contributed by atoms with Crippen molar-refractivity contribution >= 4 is 50.5 Å². The monoisotopic (exact) mass is 405 g/mol. The molecule has 0 spiro atoms. The maximum Gasteiger partial charge on any atom is 0.272 e. The van der Waals surface area contributed by atoms with Crippen LogP contribution < -0.4 is 14.8 Å². The number of rotatable bonds is 6. The summed E-state index contributed by atoms with van der Waals surface area (Å²) in [5.41, 5.74) is 0.992. The van der Waals surface area contributed by atoms with Crippen molar-refractivity contribution in [2.24, 2.45) is 7.05 Å². The van der Waals surface area contributed by atoms with Gasteiger partial charge in [-0.15, -0.1) is 0 Å². The van der Waals surface area contributed by atoms with E-state index in [1.54, 1.807) is 13.1 Å². The molecule has 2 rings (SSSR count). The Labute approximate surface area is 155 Å². The summed E-state index contributed by atoms with van der Waals surface area (Å²) >= 11 is 11.9. The van der Waals surface area contributed by atoms with Crippen molar-refractivity contribution in [2.75, 3.05) is 22.9 Å². The van der Waals surface area contributed by atoms with Crippen LogP contribution >= 0.6 is 23.2 Å². The summed E-state index contributed by atoms with van der Waals surface area (Å²) in [6.45, 7) is 1.53. The van der Waals surface area contributed by atoms with Crippen LogP contribution in [0, 0.1) is 0 Å². The Kier molecular flexibility index (Phi) is 5.87. The predicted molar refractivity (Wildman–Crippen MR) is 99.5 cm³/mol. The maximum absolute atomic E-state index is 12.4. The van der Waals surface area contributed by atoms with Crippen LogP contribution in [0.2, 0.25) is 10.2 Å². The number of halogens is 2. The number of hydrogen-bond donors (Lipinski definition) is 2. The summed E-state index contributed by atoms with van der Waals surface area (Å²) in [7, 11) is -0.420. The third kappa shape index (κ3) is 4.39. The second-order valence-corrected chi connectivity index (χ2v) is 7.88. The van der Waals surface area contributed by atoms with Crippen molar-refractivity contribution in [3.63, 3.8) is 0 Å². The molecule has 25 heavy (non-hydrogen) atoms. The highest BCUT2D eigenvalue weighted by molar-refractivity contribution is 7.92. The van der Waals surface area contributed by atoms with Gasteiger partial charge in [0.05, 0.1) is 23.6 Å². The van der Waals surface area contributed by atoms with Crippen LogP contribution in [0.5, 0.6) is 5.75 Å². The van der Waals surface area contributed by atoms with Crippen molar-refractivity contribution in [1.82, 2.24) is 4.57 Å². The van der Waals surface area contributed by atoms with E-state index in [-0.39, 0.29) is 33.1 Å². The Hall–Kier alpha value is -1.90. The van der Waals surface area contributed by atoms with E-state index < -0.39 is 15.9 Å². The van der Waals surface area contributed by atoms with Crippen molar-refractivity contribution in [3.05, 3.63) is 40.1 Å². The highest BCUT2D eigenvalue weighted by Crippen LogP contribution is 2.30. The van der Waals surface area contributed by atoms with Crippen LogP contribution in [0.4, 0.5) is 11.4 Å². The zero-order chi connectivity index (χ0) is 18.8. The Balaban J connectivity index is 2.26. The molecule has 136 valence electrons. The largest absolute Gasteiger partial charge is 0.494 e. The minimum atomic E-state index is -3.44. The summed E-state index contributed by atoms with van der Waals surface area (Å²) < 4.78 is 32.4. The first-order chi connectivity index (χ1) is 11.7. The molecule has 1 heterocycles. The van der Waals surface area contributed by atoms with Gasteiger partial charge in [-0.2, -0.15) is 0 Å². The quantitative estimate of drug-likeness (QED) is 0.770. The molecule has 0 aliphatic heterocycles. The van der Waals surface area contributed by atoms with Gasteiger partial charge in [-0.1, -0.05) is 23.2 Å². The number of ether oxygens (including phenoxy) is 1. The average Bonchev–Trinajstić information content (AvgIpc) is 2.83. The van der Waals surface area contributed by atoms with Gasteiger partial charge >= 0.3 is 0 Å². The van der Waals surface area contributed by atoms with Gasteiger partial charge in [0.15, 0.2) is 0 Å². The summed E-state index contributed by atoms with van der Waals surface area (Å²) in [5, 5.41) is 3.22. The van der Waals surface area contributed by atoms with Crippen LogP contribution in [0.15, 0.2) is 24.3 Å². The van der Waals surface area contributed by atoms with Gasteiger partial charge in [-0.05, 0) is 25.1 Å². The Morgan fingerprint density at radius 1 is 1.28 bits per heavy atom. The second-order valence-electron chi connectivity index (χ2n) is 5.10. The number of carbonyl (C=O) groups is 1. The molecule has 1 aromatic carbocycles. The zero-order valence-corrected chi connectivity index (χ0v) is 16.1. The van der Waals surface area contributed by atoms with Crippen molar-refractivity contribution in [2.45, 2.75) is 6.92 Å². The molecule has 2 aromatic rings. The average molecular weight is 406 g/mol. The number of benzene rings is 1. The van der Waals surface area contributed by atoms with Crippen molar-refractivity contribution in [3.8, 4) is 5.75 Å². The fourth-order valence-electron chi connectivity index (χ4n) is 2.05. The topological polar surface area (TPSA) is 89.4 Å². The second kappa shape index (κ2) is 7.55. The number of methoxy groups -OCH3 is 1. The number of aromatic nitrogens is 1. The number of amides is 1. The van der Waals surface area contributed by atoms with Gasteiger partial charge in [0.25, 0.3) is 5.91 Å². The van der Waals surface area contributed by atoms with Crippen molar-refractivity contribution in [1.29, 1.82) is 0 Å². The van der Waals surface area contributed by atoms with Gasteiger partial charge in [0.2, 0.25) is 10.0 Å². The van der Waals surface area contributed by atoms with Gasteiger partial charge in [-0.25, -0.2) is 8.42 Å². The molecule has 0 aliphatic carbocycles. The summed E-state index contributed by atoms with van der Waals surface area (Å²) in [6, 6.07) is 6.03. The third-order valence-electron chi connectivity index (χ3n) is 3.45. The molecular weight excluding hydrogens is 389 g/mol. The van der Waals surface area contributed by atoms with Crippen LogP contribution in [-0.2, 0) is 17.1 Å². The predicted octanol–water partition coefficient (Wildman–Crippen LogP) is 3.35. The van der Waals surface area contributed by atoms with E-state index >= 15 is 0 Å². The lowest BCUT2D eigenvalue weighted by Crippen LogP contribution is -2.17. The first kappa shape index (κ1) is 19.4. The Morgan fingerprint density at radius 3 is 2.48 bits per heavy atom. The lowest BCUT2D eigenvalue weighted by molar-refractivity contribution is 0.101. The number of anilines is 2. The molecule has 7 nitrogen and oxygen atoms in total. The summed E-state index contributed by atoms with van der Waals surface area (Å²) in [6.07, 6.45) is 0. The number of sulfonamides is 1. The molecule has 2 N–H and O–H groups in total. The normalized spacial score (nSPS) is 11.2. The van der Waals surface area contributed by atoms with E-state index in [9.17, 15) is 13.2 Å². The fourth-order valence-corrected chi connectivity index (χ4v) is 3.07. The first-order valence-electron chi connectivity index (χ1n) is 7.19. The summed E-state index contributed by atoms with van der Waals surface area (Å²) in [5.74, 6) is -0.207. The summed E-state index contributed by atoms with van der Waals surface area (Å²) in [4.78, 5) is 12.4. The van der Waals surface area contributed by atoms with E-state index in [1.165, 1.54) is 36.8 Å². The van der Waals surface area contributed by atoms with E-state index in [0.717, 1.165) is 0 Å². The molecule has 0 saturated carbocycles. The minimum absolute atomic E-state index is 0.0658. The lowest BCUT2D eigenvalue weighted by Gasteiger charge is -2.13. The van der Waals surface area contributed by atoms with Crippen LogP contribution in [0.25, 0.3) is 0 Å². The molecule has 0 radical (unpaired) electrons. The number of hydrogen-bond acceptors (Lipinski definition) is 4. The minimum Gasteiger partial charge on any atom is -0.494 e. The lowest BCUT2D eigenvalue weighted by atomic mass is 10.2. The molecule has 0 atom stereocenters. The van der Waals surface area contributed by atoms with Crippen LogP contribution in [0.1, 0.15) is 17.4 Å². The van der Waals surface area contributed by atoms with E-state index in [1.807, 2.05) is 0 Å². The molecule has 0 aliphatic rings. The number of nitrogens with zero attached hydrogens (tertiary/aromatic N) is 1. The van der Waals surface area contributed by atoms with Gasteiger partial charge in [-0.3, -0.25) is 9.52 Å². The van der Waals surface area contributed by atoms with E-state index in [2.05, 4.69) is 10.0 Å². The Bertz CT molecular complexity index is 910. The highest BCUT2D eigenvalue weighted by atomic mass is 35.5. The van der Waals surface area contributed by atoms with E-state index in [4.69, 9.17) is 27.9 Å². The third-order valence-corrected chi connectivity index (χ3v) is 5.59. The fraction of sp³-hybridized carbons (Fsp3) is 0.267. The van der Waals surface area contributed by atoms with Crippen molar-refractivity contribution < 1.29 is 17.9 Å². The van der Waals surface area contributed by atoms with Gasteiger partial charge in [0, 0.05) is 18.8 Å². The molecule has 1 amide bonds. The SMILES string of the molecule is CCS(=O)(=O)Nc1ccc(NC(=O)c2cc(Cl)c(Cl)n2C)cc1OC. The van der Waals surface area contributed by atoms with Crippen LogP contribution in [-0.4, -0.2) is 31.8 Å². The number of nitrogens with one attached hydrogen (secondary N) is 2. The van der Waals surface area contributed by atoms with E-state index in [0.29, 0.717) is 5.69 Å². The molecule has 0 fully saturated rings. The van der Waals surface area contributed by atoms with Gasteiger partial charge < -0.3 is 14.6 Å².